The average Bonchev–Trinajstić information content (AvgIpc) is 2.90. The van der Waals surface area contributed by atoms with E-state index >= 15 is 0 Å². The molecule has 1 aliphatic rings. The van der Waals surface area contributed by atoms with Gasteiger partial charge in [-0.05, 0) is 37.6 Å². The monoisotopic (exact) mass is 266 g/mol. The molecular weight excluding hydrogens is 252 g/mol. The van der Waals surface area contributed by atoms with Crippen LogP contribution in [0.25, 0.3) is 0 Å². The van der Waals surface area contributed by atoms with Gasteiger partial charge in [0.2, 0.25) is 10.0 Å². The zero-order valence-corrected chi connectivity index (χ0v) is 10.6. The second-order valence-electron chi connectivity index (χ2n) is 4.20. The van der Waals surface area contributed by atoms with E-state index in [1.54, 1.807) is 0 Å². The number of nitriles is 1. The lowest BCUT2D eigenvalue weighted by Crippen LogP contribution is -2.30. The zero-order valence-electron chi connectivity index (χ0n) is 9.76. The molecule has 18 heavy (non-hydrogen) atoms. The molecule has 1 aromatic rings. The standard InChI is InChI=1S/C11H14N4O2S/c12-5-10-1-2-11(8-14-10)18(16,17)15-7-9-3-4-13-6-9/h1-2,8-9,13,15H,3-4,6-7H2. The summed E-state index contributed by atoms with van der Waals surface area (Å²) in [6.07, 6.45) is 2.18. The number of nitrogens with one attached hydrogen (secondary N) is 2. The number of hydrogen-bond donors (Lipinski definition) is 2. The Kier molecular flexibility index (Phi) is 3.91. The van der Waals surface area contributed by atoms with Crippen LogP contribution in [0, 0.1) is 17.2 Å². The summed E-state index contributed by atoms with van der Waals surface area (Å²) in [7, 11) is -3.52. The van der Waals surface area contributed by atoms with Crippen LogP contribution in [-0.4, -0.2) is 33.0 Å². The number of aromatic nitrogens is 1. The van der Waals surface area contributed by atoms with Crippen molar-refractivity contribution in [2.24, 2.45) is 5.92 Å². The summed E-state index contributed by atoms with van der Waals surface area (Å²) in [6.45, 7) is 2.20. The van der Waals surface area contributed by atoms with E-state index in [9.17, 15) is 8.42 Å². The van der Waals surface area contributed by atoms with E-state index in [1.165, 1.54) is 18.3 Å². The lowest BCUT2D eigenvalue weighted by molar-refractivity contribution is 0.538. The fraction of sp³-hybridized carbons (Fsp3) is 0.455. The van der Waals surface area contributed by atoms with Crippen molar-refractivity contribution in [3.05, 3.63) is 24.0 Å². The first-order valence-electron chi connectivity index (χ1n) is 5.68. The largest absolute Gasteiger partial charge is 0.316 e. The van der Waals surface area contributed by atoms with Crippen molar-refractivity contribution in [3.8, 4) is 6.07 Å². The summed E-state index contributed by atoms with van der Waals surface area (Å²) in [4.78, 5) is 3.84. The Labute approximate surface area is 106 Å². The summed E-state index contributed by atoms with van der Waals surface area (Å²) in [5, 5.41) is 11.8. The van der Waals surface area contributed by atoms with Crippen molar-refractivity contribution in [3.63, 3.8) is 0 Å². The van der Waals surface area contributed by atoms with Gasteiger partial charge in [0.1, 0.15) is 16.7 Å². The van der Waals surface area contributed by atoms with Gasteiger partial charge in [0.25, 0.3) is 0 Å². The molecule has 0 radical (unpaired) electrons. The van der Waals surface area contributed by atoms with Crippen molar-refractivity contribution < 1.29 is 8.42 Å². The summed E-state index contributed by atoms with van der Waals surface area (Å²) in [6, 6.07) is 4.63. The normalized spacial score (nSPS) is 19.6. The van der Waals surface area contributed by atoms with Gasteiger partial charge in [-0.1, -0.05) is 0 Å². The van der Waals surface area contributed by atoms with Gasteiger partial charge in [-0.2, -0.15) is 5.26 Å². The summed E-state index contributed by atoms with van der Waals surface area (Å²) < 4.78 is 26.4. The van der Waals surface area contributed by atoms with Gasteiger partial charge in [-0.15, -0.1) is 0 Å². The second kappa shape index (κ2) is 5.44. The highest BCUT2D eigenvalue weighted by molar-refractivity contribution is 7.89. The van der Waals surface area contributed by atoms with E-state index in [1.807, 2.05) is 6.07 Å². The van der Waals surface area contributed by atoms with E-state index < -0.39 is 10.0 Å². The minimum absolute atomic E-state index is 0.0902. The molecule has 1 unspecified atom stereocenters. The van der Waals surface area contributed by atoms with Crippen LogP contribution in [-0.2, 0) is 10.0 Å². The lowest BCUT2D eigenvalue weighted by atomic mass is 10.1. The lowest BCUT2D eigenvalue weighted by Gasteiger charge is -2.10. The Morgan fingerprint density at radius 3 is 2.94 bits per heavy atom. The fourth-order valence-electron chi connectivity index (χ4n) is 1.80. The first-order chi connectivity index (χ1) is 8.62. The molecule has 96 valence electrons. The first-order valence-corrected chi connectivity index (χ1v) is 7.16. The maximum atomic E-state index is 11.9. The molecule has 2 rings (SSSR count). The highest BCUT2D eigenvalue weighted by Gasteiger charge is 2.19. The van der Waals surface area contributed by atoms with E-state index in [0.29, 0.717) is 12.5 Å². The van der Waals surface area contributed by atoms with Gasteiger partial charge in [0.05, 0.1) is 0 Å². The predicted molar refractivity (Wildman–Crippen MR) is 65.1 cm³/mol. The Morgan fingerprint density at radius 2 is 2.39 bits per heavy atom. The second-order valence-corrected chi connectivity index (χ2v) is 5.97. The van der Waals surface area contributed by atoms with Crippen molar-refractivity contribution in [2.45, 2.75) is 11.3 Å². The molecular formula is C11H14N4O2S. The third-order valence-electron chi connectivity index (χ3n) is 2.89. The molecule has 7 heteroatoms. The number of nitrogens with zero attached hydrogens (tertiary/aromatic N) is 2. The third-order valence-corrected chi connectivity index (χ3v) is 4.29. The van der Waals surface area contributed by atoms with Crippen molar-refractivity contribution >= 4 is 10.0 Å². The Morgan fingerprint density at radius 1 is 1.56 bits per heavy atom. The van der Waals surface area contributed by atoms with E-state index in [2.05, 4.69) is 15.0 Å². The molecule has 2 heterocycles. The number of pyridine rings is 1. The van der Waals surface area contributed by atoms with Gasteiger partial charge in [0.15, 0.2) is 0 Å². The van der Waals surface area contributed by atoms with Gasteiger partial charge in [-0.25, -0.2) is 18.1 Å². The van der Waals surface area contributed by atoms with Crippen LogP contribution in [0.15, 0.2) is 23.2 Å². The number of sulfonamides is 1. The van der Waals surface area contributed by atoms with Crippen LogP contribution in [0.3, 0.4) is 0 Å². The van der Waals surface area contributed by atoms with Gasteiger partial charge in [0, 0.05) is 12.7 Å². The summed E-state index contributed by atoms with van der Waals surface area (Å²) in [5.74, 6) is 0.339. The molecule has 0 aromatic carbocycles. The van der Waals surface area contributed by atoms with Gasteiger partial charge in [-0.3, -0.25) is 0 Å². The highest BCUT2D eigenvalue weighted by atomic mass is 32.2. The van der Waals surface area contributed by atoms with Gasteiger partial charge < -0.3 is 5.32 Å². The maximum Gasteiger partial charge on any atom is 0.242 e. The van der Waals surface area contributed by atoms with Crippen LogP contribution >= 0.6 is 0 Å². The SMILES string of the molecule is N#Cc1ccc(S(=O)(=O)NCC2CCNC2)cn1. The molecule has 0 bridgehead atoms. The van der Waals surface area contributed by atoms with Crippen molar-refractivity contribution in [1.29, 1.82) is 5.26 Å². The quantitative estimate of drug-likeness (QED) is 0.789. The van der Waals surface area contributed by atoms with Crippen molar-refractivity contribution in [1.82, 2.24) is 15.0 Å². The van der Waals surface area contributed by atoms with Crippen molar-refractivity contribution in [2.75, 3.05) is 19.6 Å². The van der Waals surface area contributed by atoms with Crippen LogP contribution in [0.2, 0.25) is 0 Å². The number of hydrogen-bond acceptors (Lipinski definition) is 5. The fourth-order valence-corrected chi connectivity index (χ4v) is 2.87. The zero-order chi connectivity index (χ0) is 13.0. The predicted octanol–water partition coefficient (Wildman–Crippen LogP) is -0.159. The molecule has 0 saturated carbocycles. The molecule has 0 amide bonds. The van der Waals surface area contributed by atoms with E-state index in [-0.39, 0.29) is 10.6 Å². The average molecular weight is 266 g/mol. The van der Waals surface area contributed by atoms with E-state index in [0.717, 1.165) is 19.5 Å². The Hall–Kier alpha value is -1.49. The Balaban J connectivity index is 2.02. The van der Waals surface area contributed by atoms with Crippen LogP contribution < -0.4 is 10.0 Å². The summed E-state index contributed by atoms with van der Waals surface area (Å²) in [5.41, 5.74) is 0.203. The molecule has 0 spiro atoms. The van der Waals surface area contributed by atoms with Crippen LogP contribution in [0.4, 0.5) is 0 Å². The van der Waals surface area contributed by atoms with Crippen LogP contribution in [0.5, 0.6) is 0 Å². The highest BCUT2D eigenvalue weighted by Crippen LogP contribution is 2.10. The molecule has 1 aromatic heterocycles. The number of rotatable bonds is 4. The molecule has 1 aliphatic heterocycles. The van der Waals surface area contributed by atoms with Crippen LogP contribution in [0.1, 0.15) is 12.1 Å². The maximum absolute atomic E-state index is 11.9. The smallest absolute Gasteiger partial charge is 0.242 e. The van der Waals surface area contributed by atoms with E-state index in [4.69, 9.17) is 5.26 Å². The molecule has 2 N–H and O–H groups in total. The minimum Gasteiger partial charge on any atom is -0.316 e. The Bertz CT molecular complexity index is 541. The van der Waals surface area contributed by atoms with Gasteiger partial charge >= 0.3 is 0 Å². The third kappa shape index (κ3) is 3.04. The molecule has 1 fully saturated rings. The minimum atomic E-state index is -3.52. The topological polar surface area (TPSA) is 94.9 Å². The molecule has 1 atom stereocenters. The first kappa shape index (κ1) is 13.0. The summed E-state index contributed by atoms with van der Waals surface area (Å²) >= 11 is 0. The molecule has 1 saturated heterocycles. The molecule has 0 aliphatic carbocycles. The molecule has 6 nitrogen and oxygen atoms in total.